The van der Waals surface area contributed by atoms with Crippen LogP contribution in [0.4, 0.5) is 0 Å². The number of fused-ring (bicyclic) bond motifs is 1. The second-order valence-corrected chi connectivity index (χ2v) is 6.28. The van der Waals surface area contributed by atoms with E-state index in [1.807, 2.05) is 24.3 Å². The number of benzene rings is 2. The van der Waals surface area contributed by atoms with Crippen molar-refractivity contribution in [3.8, 4) is 11.5 Å². The molecule has 0 amide bonds. The first kappa shape index (κ1) is 16.4. The third-order valence-electron chi connectivity index (χ3n) is 4.51. The minimum absolute atomic E-state index is 0.220. The molecular formula is C20H20N2O4. The van der Waals surface area contributed by atoms with Crippen LogP contribution in [0.25, 0.3) is 0 Å². The van der Waals surface area contributed by atoms with Crippen LogP contribution < -0.4 is 9.47 Å². The number of hydrogen-bond donors (Lipinski definition) is 0. The Hall–Kier alpha value is -3.02. The van der Waals surface area contributed by atoms with Crippen molar-refractivity contribution in [2.45, 2.75) is 19.3 Å². The van der Waals surface area contributed by atoms with Crippen LogP contribution in [0.1, 0.15) is 35.2 Å². The van der Waals surface area contributed by atoms with Crippen LogP contribution in [0.15, 0.2) is 53.7 Å². The highest BCUT2D eigenvalue weighted by Gasteiger charge is 2.21. The molecule has 2 aliphatic heterocycles. The summed E-state index contributed by atoms with van der Waals surface area (Å²) >= 11 is 0. The Labute approximate surface area is 152 Å². The van der Waals surface area contributed by atoms with Crippen LogP contribution in [0.3, 0.4) is 0 Å². The molecule has 6 heteroatoms. The molecule has 0 N–H and O–H groups in total. The fourth-order valence-electron chi connectivity index (χ4n) is 3.15. The highest BCUT2D eigenvalue weighted by molar-refractivity contribution is 6.00. The van der Waals surface area contributed by atoms with Gasteiger partial charge in [0.05, 0.1) is 5.56 Å². The smallest absolute Gasteiger partial charge is 0.365 e. The number of piperidine rings is 1. The van der Waals surface area contributed by atoms with Gasteiger partial charge in [0.2, 0.25) is 6.79 Å². The quantitative estimate of drug-likeness (QED) is 0.367. The maximum absolute atomic E-state index is 12.3. The summed E-state index contributed by atoms with van der Waals surface area (Å²) in [5, 5.41) is 4.22. The monoisotopic (exact) mass is 352 g/mol. The van der Waals surface area contributed by atoms with Crippen molar-refractivity contribution in [1.82, 2.24) is 4.90 Å². The predicted octanol–water partition coefficient (Wildman–Crippen LogP) is 3.42. The fraction of sp³-hybridized carbons (Fsp3) is 0.300. The number of likely N-dealkylation sites (tertiary alicyclic amines) is 1. The molecule has 0 unspecified atom stereocenters. The van der Waals surface area contributed by atoms with Gasteiger partial charge in [0, 0.05) is 18.7 Å². The average Bonchev–Trinajstić information content (AvgIpc) is 3.17. The zero-order chi connectivity index (χ0) is 17.8. The molecular weight excluding hydrogens is 332 g/mol. The zero-order valence-corrected chi connectivity index (χ0v) is 14.4. The van der Waals surface area contributed by atoms with Crippen molar-refractivity contribution in [3.63, 3.8) is 0 Å². The number of hydrogen-bond acceptors (Lipinski definition) is 5. The van der Waals surface area contributed by atoms with E-state index in [0.717, 1.165) is 31.5 Å². The Kier molecular flexibility index (Phi) is 4.73. The molecule has 2 aliphatic rings. The van der Waals surface area contributed by atoms with Crippen molar-refractivity contribution >= 4 is 11.8 Å². The molecule has 0 atom stereocenters. The first-order valence-corrected chi connectivity index (χ1v) is 8.80. The van der Waals surface area contributed by atoms with Gasteiger partial charge in [-0.25, -0.2) is 4.79 Å². The van der Waals surface area contributed by atoms with Crippen LogP contribution >= 0.6 is 0 Å². The Morgan fingerprint density at radius 2 is 1.69 bits per heavy atom. The summed E-state index contributed by atoms with van der Waals surface area (Å²) in [6, 6.07) is 14.5. The van der Waals surface area contributed by atoms with Gasteiger partial charge in [-0.05, 0) is 49.6 Å². The van der Waals surface area contributed by atoms with Crippen LogP contribution in [-0.2, 0) is 4.84 Å². The van der Waals surface area contributed by atoms with Gasteiger partial charge >= 0.3 is 5.97 Å². The van der Waals surface area contributed by atoms with Gasteiger partial charge in [-0.1, -0.05) is 23.4 Å². The Morgan fingerprint density at radius 3 is 2.50 bits per heavy atom. The van der Waals surface area contributed by atoms with Gasteiger partial charge in [0.15, 0.2) is 17.3 Å². The Morgan fingerprint density at radius 1 is 0.923 bits per heavy atom. The third kappa shape index (κ3) is 3.49. The van der Waals surface area contributed by atoms with Gasteiger partial charge in [0.25, 0.3) is 0 Å². The van der Waals surface area contributed by atoms with E-state index in [9.17, 15) is 4.79 Å². The second kappa shape index (κ2) is 7.47. The highest BCUT2D eigenvalue weighted by Crippen LogP contribution is 2.33. The normalized spacial score (nSPS) is 16.5. The average molecular weight is 352 g/mol. The topological polar surface area (TPSA) is 60.4 Å². The molecule has 26 heavy (non-hydrogen) atoms. The molecule has 6 nitrogen and oxygen atoms in total. The SMILES string of the molecule is O=C(O/N=C(\c1ccc2c(c1)OCO2)N1CCCCC1)c1ccccc1. The minimum atomic E-state index is -0.471. The number of nitrogens with zero attached hydrogens (tertiary/aromatic N) is 2. The van der Waals surface area contributed by atoms with Crippen molar-refractivity contribution in [1.29, 1.82) is 0 Å². The minimum Gasteiger partial charge on any atom is -0.454 e. The maximum Gasteiger partial charge on any atom is 0.365 e. The molecule has 4 rings (SSSR count). The van der Waals surface area contributed by atoms with Crippen LogP contribution in [-0.4, -0.2) is 36.6 Å². The first-order chi connectivity index (χ1) is 12.8. The van der Waals surface area contributed by atoms with Crippen molar-refractivity contribution < 1.29 is 19.1 Å². The number of oxime groups is 1. The standard InChI is InChI=1S/C20H20N2O4/c23-20(15-7-3-1-4-8-15)26-21-19(22-11-5-2-6-12-22)16-9-10-17-18(13-16)25-14-24-17/h1,3-4,7-10,13H,2,5-6,11-12,14H2/b21-19+. The molecule has 2 aromatic rings. The van der Waals surface area contributed by atoms with Crippen molar-refractivity contribution in [2.24, 2.45) is 5.16 Å². The van der Waals surface area contributed by atoms with Crippen LogP contribution in [0, 0.1) is 0 Å². The zero-order valence-electron chi connectivity index (χ0n) is 14.4. The third-order valence-corrected chi connectivity index (χ3v) is 4.51. The molecule has 0 saturated carbocycles. The maximum atomic E-state index is 12.3. The highest BCUT2D eigenvalue weighted by atomic mass is 16.7. The van der Waals surface area contributed by atoms with Crippen molar-refractivity contribution in [3.05, 3.63) is 59.7 Å². The molecule has 0 radical (unpaired) electrons. The van der Waals surface area contributed by atoms with E-state index >= 15 is 0 Å². The summed E-state index contributed by atoms with van der Waals surface area (Å²) in [5.74, 6) is 1.57. The van der Waals surface area contributed by atoms with Gasteiger partial charge < -0.3 is 19.2 Å². The molecule has 0 spiro atoms. The summed E-state index contributed by atoms with van der Waals surface area (Å²) in [6.45, 7) is 1.99. The predicted molar refractivity (Wildman–Crippen MR) is 96.4 cm³/mol. The van der Waals surface area contributed by atoms with E-state index in [2.05, 4.69) is 10.1 Å². The number of amidine groups is 1. The van der Waals surface area contributed by atoms with Gasteiger partial charge in [-0.15, -0.1) is 0 Å². The summed E-state index contributed by atoms with van der Waals surface area (Å²) in [7, 11) is 0. The Bertz CT molecular complexity index is 814. The lowest BCUT2D eigenvalue weighted by molar-refractivity contribution is 0.0509. The van der Waals surface area contributed by atoms with Crippen LogP contribution in [0.2, 0.25) is 0 Å². The lowest BCUT2D eigenvalue weighted by Crippen LogP contribution is -2.36. The lowest BCUT2D eigenvalue weighted by atomic mass is 10.1. The number of rotatable bonds is 3. The van der Waals surface area contributed by atoms with E-state index in [4.69, 9.17) is 14.3 Å². The molecule has 0 aromatic heterocycles. The molecule has 1 saturated heterocycles. The number of carbonyl (C=O) groups excluding carboxylic acids is 1. The summed E-state index contributed by atoms with van der Waals surface area (Å²) in [6.07, 6.45) is 3.39. The second-order valence-electron chi connectivity index (χ2n) is 6.28. The summed E-state index contributed by atoms with van der Waals surface area (Å²) in [4.78, 5) is 19.7. The lowest BCUT2D eigenvalue weighted by Gasteiger charge is -2.29. The molecule has 134 valence electrons. The largest absolute Gasteiger partial charge is 0.454 e. The molecule has 2 aromatic carbocycles. The van der Waals surface area contributed by atoms with E-state index in [1.165, 1.54) is 6.42 Å². The fourth-order valence-corrected chi connectivity index (χ4v) is 3.15. The molecule has 1 fully saturated rings. The molecule has 2 heterocycles. The molecule has 0 bridgehead atoms. The van der Waals surface area contributed by atoms with E-state index in [-0.39, 0.29) is 6.79 Å². The van der Waals surface area contributed by atoms with E-state index in [1.54, 1.807) is 24.3 Å². The summed E-state index contributed by atoms with van der Waals surface area (Å²) in [5.41, 5.74) is 1.32. The number of carbonyl (C=O) groups is 1. The van der Waals surface area contributed by atoms with Crippen LogP contribution in [0.5, 0.6) is 11.5 Å². The summed E-state index contributed by atoms with van der Waals surface area (Å²) < 4.78 is 10.8. The van der Waals surface area contributed by atoms with Gasteiger partial charge in [-0.3, -0.25) is 0 Å². The van der Waals surface area contributed by atoms with E-state index in [0.29, 0.717) is 22.9 Å². The van der Waals surface area contributed by atoms with Gasteiger partial charge in [-0.2, -0.15) is 0 Å². The number of ether oxygens (including phenoxy) is 2. The Balaban J connectivity index is 1.61. The van der Waals surface area contributed by atoms with Gasteiger partial charge in [0.1, 0.15) is 0 Å². The van der Waals surface area contributed by atoms with Crippen molar-refractivity contribution in [2.75, 3.05) is 19.9 Å². The molecule has 0 aliphatic carbocycles. The van der Waals surface area contributed by atoms with E-state index < -0.39 is 5.97 Å². The first-order valence-electron chi connectivity index (χ1n) is 8.80.